The summed E-state index contributed by atoms with van der Waals surface area (Å²) in [6.45, 7) is 0.490. The van der Waals surface area contributed by atoms with E-state index in [0.717, 1.165) is 15.7 Å². The third kappa shape index (κ3) is 3.33. The molecule has 4 heteroatoms. The quantitative estimate of drug-likeness (QED) is 0.929. The van der Waals surface area contributed by atoms with Crippen molar-refractivity contribution >= 4 is 21.6 Å². The van der Waals surface area contributed by atoms with Crippen LogP contribution in [0.3, 0.4) is 0 Å². The van der Waals surface area contributed by atoms with Crippen molar-refractivity contribution < 1.29 is 4.39 Å². The van der Waals surface area contributed by atoms with E-state index in [-0.39, 0.29) is 11.9 Å². The fourth-order valence-electron chi connectivity index (χ4n) is 2.09. The zero-order valence-corrected chi connectivity index (χ0v) is 12.3. The van der Waals surface area contributed by atoms with Gasteiger partial charge in [-0.2, -0.15) is 0 Å². The molecule has 0 saturated carbocycles. The summed E-state index contributed by atoms with van der Waals surface area (Å²) in [5, 5.41) is 0. The molecular weight excluding hydrogens is 307 g/mol. The van der Waals surface area contributed by atoms with Crippen LogP contribution < -0.4 is 10.6 Å². The largest absolute Gasteiger partial charge is 0.366 e. The van der Waals surface area contributed by atoms with Gasteiger partial charge in [-0.25, -0.2) is 4.39 Å². The van der Waals surface area contributed by atoms with Gasteiger partial charge >= 0.3 is 0 Å². The Kier molecular flexibility index (Phi) is 4.56. The molecule has 1 unspecified atom stereocenters. The van der Waals surface area contributed by atoms with E-state index in [1.54, 1.807) is 12.1 Å². The molecule has 0 aromatic heterocycles. The molecule has 2 rings (SSSR count). The summed E-state index contributed by atoms with van der Waals surface area (Å²) >= 11 is 3.47. The molecule has 2 N–H and O–H groups in total. The van der Waals surface area contributed by atoms with Crippen LogP contribution in [0.15, 0.2) is 53.0 Å². The van der Waals surface area contributed by atoms with Gasteiger partial charge in [0.2, 0.25) is 0 Å². The Morgan fingerprint density at radius 3 is 2.47 bits per heavy atom. The summed E-state index contributed by atoms with van der Waals surface area (Å²) in [6.07, 6.45) is 0. The van der Waals surface area contributed by atoms with E-state index in [0.29, 0.717) is 6.54 Å². The SMILES string of the molecule is CN(c1ccc(F)cc1)C(CN)c1cccc(Br)c1. The molecule has 1 atom stereocenters. The number of benzene rings is 2. The van der Waals surface area contributed by atoms with Crippen molar-refractivity contribution in [1.82, 2.24) is 0 Å². The first-order valence-corrected chi connectivity index (χ1v) is 6.85. The third-order valence-electron chi connectivity index (χ3n) is 3.16. The second-order valence-electron chi connectivity index (χ2n) is 4.39. The molecule has 0 aliphatic rings. The zero-order chi connectivity index (χ0) is 13.8. The van der Waals surface area contributed by atoms with Gasteiger partial charge in [-0.15, -0.1) is 0 Å². The number of anilines is 1. The van der Waals surface area contributed by atoms with Crippen molar-refractivity contribution in [3.63, 3.8) is 0 Å². The van der Waals surface area contributed by atoms with Crippen LogP contribution in [0.5, 0.6) is 0 Å². The van der Waals surface area contributed by atoms with Crippen LogP contribution in [0.2, 0.25) is 0 Å². The van der Waals surface area contributed by atoms with Gasteiger partial charge in [0.15, 0.2) is 0 Å². The van der Waals surface area contributed by atoms with Gasteiger partial charge in [-0.3, -0.25) is 0 Å². The van der Waals surface area contributed by atoms with Crippen molar-refractivity contribution in [3.05, 3.63) is 64.4 Å². The Labute approximate surface area is 121 Å². The predicted molar refractivity (Wildman–Crippen MR) is 80.7 cm³/mol. The third-order valence-corrected chi connectivity index (χ3v) is 3.65. The molecule has 0 spiro atoms. The topological polar surface area (TPSA) is 29.3 Å². The predicted octanol–water partition coefficient (Wildman–Crippen LogP) is 3.72. The zero-order valence-electron chi connectivity index (χ0n) is 10.7. The van der Waals surface area contributed by atoms with Crippen LogP contribution in [0, 0.1) is 5.82 Å². The standard InChI is InChI=1S/C15H16BrFN2/c1-19(14-7-5-13(17)6-8-14)15(10-18)11-3-2-4-12(16)9-11/h2-9,15H,10,18H2,1H3. The van der Waals surface area contributed by atoms with Crippen molar-refractivity contribution in [1.29, 1.82) is 0 Å². The second-order valence-corrected chi connectivity index (χ2v) is 5.31. The van der Waals surface area contributed by atoms with Crippen molar-refractivity contribution in [3.8, 4) is 0 Å². The van der Waals surface area contributed by atoms with Crippen LogP contribution in [0.4, 0.5) is 10.1 Å². The van der Waals surface area contributed by atoms with E-state index in [9.17, 15) is 4.39 Å². The van der Waals surface area contributed by atoms with Crippen LogP contribution in [0.1, 0.15) is 11.6 Å². The molecule has 0 heterocycles. The number of halogens is 2. The van der Waals surface area contributed by atoms with Crippen LogP contribution >= 0.6 is 15.9 Å². The van der Waals surface area contributed by atoms with Gasteiger partial charge in [0.25, 0.3) is 0 Å². The van der Waals surface area contributed by atoms with Crippen molar-refractivity contribution in [2.45, 2.75) is 6.04 Å². The van der Waals surface area contributed by atoms with Gasteiger partial charge in [0.1, 0.15) is 5.82 Å². The normalized spacial score (nSPS) is 12.2. The number of hydrogen-bond donors (Lipinski definition) is 1. The maximum atomic E-state index is 13.0. The molecule has 100 valence electrons. The van der Waals surface area contributed by atoms with Gasteiger partial charge in [-0.1, -0.05) is 28.1 Å². The van der Waals surface area contributed by atoms with Crippen LogP contribution in [-0.2, 0) is 0 Å². The first kappa shape index (κ1) is 14.0. The van der Waals surface area contributed by atoms with E-state index >= 15 is 0 Å². The lowest BCUT2D eigenvalue weighted by Gasteiger charge is -2.29. The Balaban J connectivity index is 2.28. The molecule has 0 saturated heterocycles. The second kappa shape index (κ2) is 6.17. The van der Waals surface area contributed by atoms with Gasteiger partial charge in [0, 0.05) is 23.8 Å². The van der Waals surface area contributed by atoms with E-state index in [2.05, 4.69) is 26.9 Å². The molecule has 0 aliphatic heterocycles. The highest BCUT2D eigenvalue weighted by molar-refractivity contribution is 9.10. The van der Waals surface area contributed by atoms with Gasteiger partial charge in [0.05, 0.1) is 6.04 Å². The summed E-state index contributed by atoms with van der Waals surface area (Å²) < 4.78 is 14.0. The molecule has 0 aliphatic carbocycles. The lowest BCUT2D eigenvalue weighted by Crippen LogP contribution is -2.30. The molecule has 2 nitrogen and oxygen atoms in total. The van der Waals surface area contributed by atoms with E-state index in [1.807, 2.05) is 25.2 Å². The first-order chi connectivity index (χ1) is 9.11. The molecule has 0 amide bonds. The molecule has 0 radical (unpaired) electrons. The number of likely N-dealkylation sites (N-methyl/N-ethyl adjacent to an activating group) is 1. The minimum Gasteiger partial charge on any atom is -0.366 e. The molecule has 2 aromatic rings. The molecular formula is C15H16BrFN2. The number of hydrogen-bond acceptors (Lipinski definition) is 2. The Hall–Kier alpha value is -1.39. The summed E-state index contributed by atoms with van der Waals surface area (Å²) in [5.74, 6) is -0.232. The number of rotatable bonds is 4. The summed E-state index contributed by atoms with van der Waals surface area (Å²) in [6, 6.07) is 14.6. The maximum Gasteiger partial charge on any atom is 0.123 e. The average Bonchev–Trinajstić information content (AvgIpc) is 2.40. The van der Waals surface area contributed by atoms with E-state index < -0.39 is 0 Å². The summed E-state index contributed by atoms with van der Waals surface area (Å²) in [4.78, 5) is 2.06. The molecule has 0 fully saturated rings. The van der Waals surface area contributed by atoms with E-state index in [4.69, 9.17) is 5.73 Å². The van der Waals surface area contributed by atoms with Crippen molar-refractivity contribution in [2.75, 3.05) is 18.5 Å². The smallest absolute Gasteiger partial charge is 0.123 e. The lowest BCUT2D eigenvalue weighted by atomic mass is 10.1. The highest BCUT2D eigenvalue weighted by Crippen LogP contribution is 2.26. The summed E-state index contributed by atoms with van der Waals surface area (Å²) in [7, 11) is 1.96. The average molecular weight is 323 g/mol. The molecule has 2 aromatic carbocycles. The van der Waals surface area contributed by atoms with Crippen LogP contribution in [0.25, 0.3) is 0 Å². The Morgan fingerprint density at radius 2 is 1.89 bits per heavy atom. The van der Waals surface area contributed by atoms with Crippen LogP contribution in [-0.4, -0.2) is 13.6 Å². The first-order valence-electron chi connectivity index (χ1n) is 6.05. The Bertz CT molecular complexity index is 542. The fourth-order valence-corrected chi connectivity index (χ4v) is 2.50. The monoisotopic (exact) mass is 322 g/mol. The minimum absolute atomic E-state index is 0.0583. The van der Waals surface area contributed by atoms with Crippen molar-refractivity contribution in [2.24, 2.45) is 5.73 Å². The lowest BCUT2D eigenvalue weighted by molar-refractivity contribution is 0.626. The highest BCUT2D eigenvalue weighted by atomic mass is 79.9. The maximum absolute atomic E-state index is 13.0. The fraction of sp³-hybridized carbons (Fsp3) is 0.200. The van der Waals surface area contributed by atoms with Gasteiger partial charge in [-0.05, 0) is 42.0 Å². The summed E-state index contributed by atoms with van der Waals surface area (Å²) in [5.41, 5.74) is 7.96. The van der Waals surface area contributed by atoms with E-state index in [1.165, 1.54) is 12.1 Å². The number of nitrogens with zero attached hydrogens (tertiary/aromatic N) is 1. The Morgan fingerprint density at radius 1 is 1.21 bits per heavy atom. The molecule has 0 bridgehead atoms. The molecule has 19 heavy (non-hydrogen) atoms. The highest BCUT2D eigenvalue weighted by Gasteiger charge is 2.16. The number of nitrogens with two attached hydrogens (primary N) is 1. The van der Waals surface area contributed by atoms with Gasteiger partial charge < -0.3 is 10.6 Å². The minimum atomic E-state index is -0.232.